The van der Waals surface area contributed by atoms with Crippen LogP contribution in [0.15, 0.2) is 24.3 Å². The number of thioether (sulfide) groups is 1. The molecule has 1 aliphatic heterocycles. The van der Waals surface area contributed by atoms with Crippen LogP contribution in [0.4, 0.5) is 10.1 Å². The normalized spacial score (nSPS) is 26.9. The summed E-state index contributed by atoms with van der Waals surface area (Å²) >= 11 is 1.92. The standard InChI is InChI=1S/C14H21FN2S/c1-13(2)6-7-18-10-14(13,9-16)17-12-5-3-4-11(15)8-12/h3-5,8,17H,6-7,9-10,16H2,1-2H3. The lowest BCUT2D eigenvalue weighted by Crippen LogP contribution is -2.60. The van der Waals surface area contributed by atoms with Crippen molar-refractivity contribution in [2.75, 3.05) is 23.4 Å². The van der Waals surface area contributed by atoms with Crippen LogP contribution in [0.1, 0.15) is 20.3 Å². The van der Waals surface area contributed by atoms with Gasteiger partial charge in [-0.15, -0.1) is 0 Å². The van der Waals surface area contributed by atoms with E-state index in [2.05, 4.69) is 19.2 Å². The molecule has 0 saturated carbocycles. The molecular weight excluding hydrogens is 247 g/mol. The number of rotatable bonds is 3. The molecule has 100 valence electrons. The summed E-state index contributed by atoms with van der Waals surface area (Å²) < 4.78 is 13.3. The highest BCUT2D eigenvalue weighted by atomic mass is 32.2. The summed E-state index contributed by atoms with van der Waals surface area (Å²) in [6.07, 6.45) is 1.12. The molecule has 1 aliphatic rings. The Hall–Kier alpha value is -0.740. The molecule has 0 amide bonds. The van der Waals surface area contributed by atoms with E-state index < -0.39 is 0 Å². The average molecular weight is 268 g/mol. The first-order valence-electron chi connectivity index (χ1n) is 6.31. The first-order chi connectivity index (χ1) is 8.49. The van der Waals surface area contributed by atoms with Crippen molar-refractivity contribution < 1.29 is 4.39 Å². The Balaban J connectivity index is 2.27. The Labute approximate surface area is 113 Å². The molecule has 2 nitrogen and oxygen atoms in total. The van der Waals surface area contributed by atoms with Crippen molar-refractivity contribution >= 4 is 17.4 Å². The summed E-state index contributed by atoms with van der Waals surface area (Å²) in [5.41, 5.74) is 6.79. The van der Waals surface area contributed by atoms with E-state index >= 15 is 0 Å². The first kappa shape index (κ1) is 13.7. The third-order valence-electron chi connectivity index (χ3n) is 4.07. The predicted molar refractivity (Wildman–Crippen MR) is 77.5 cm³/mol. The first-order valence-corrected chi connectivity index (χ1v) is 7.46. The van der Waals surface area contributed by atoms with Crippen molar-refractivity contribution in [1.29, 1.82) is 0 Å². The summed E-state index contributed by atoms with van der Waals surface area (Å²) in [5, 5.41) is 3.49. The molecule has 18 heavy (non-hydrogen) atoms. The third-order valence-corrected chi connectivity index (χ3v) is 5.26. The van der Waals surface area contributed by atoms with E-state index in [0.717, 1.165) is 17.9 Å². The van der Waals surface area contributed by atoms with E-state index in [1.54, 1.807) is 6.07 Å². The van der Waals surface area contributed by atoms with E-state index in [9.17, 15) is 4.39 Å². The van der Waals surface area contributed by atoms with Gasteiger partial charge in [0.25, 0.3) is 0 Å². The molecule has 1 unspecified atom stereocenters. The van der Waals surface area contributed by atoms with Crippen LogP contribution in [-0.4, -0.2) is 23.6 Å². The zero-order valence-corrected chi connectivity index (χ0v) is 11.8. The van der Waals surface area contributed by atoms with Crippen molar-refractivity contribution in [3.8, 4) is 0 Å². The fourth-order valence-corrected chi connectivity index (χ4v) is 4.17. The van der Waals surface area contributed by atoms with Gasteiger partial charge in [0.05, 0.1) is 5.54 Å². The summed E-state index contributed by atoms with van der Waals surface area (Å²) in [6, 6.07) is 6.62. The number of nitrogens with two attached hydrogens (primary N) is 1. The van der Waals surface area contributed by atoms with E-state index in [1.807, 2.05) is 17.8 Å². The van der Waals surface area contributed by atoms with Crippen molar-refractivity contribution in [3.05, 3.63) is 30.1 Å². The maximum Gasteiger partial charge on any atom is 0.125 e. The monoisotopic (exact) mass is 268 g/mol. The van der Waals surface area contributed by atoms with Crippen molar-refractivity contribution in [2.45, 2.75) is 25.8 Å². The minimum Gasteiger partial charge on any atom is -0.377 e. The van der Waals surface area contributed by atoms with Crippen molar-refractivity contribution in [3.63, 3.8) is 0 Å². The van der Waals surface area contributed by atoms with Gasteiger partial charge in [0, 0.05) is 18.0 Å². The Morgan fingerprint density at radius 1 is 1.44 bits per heavy atom. The maximum atomic E-state index is 13.3. The van der Waals surface area contributed by atoms with Gasteiger partial charge in [0.2, 0.25) is 0 Å². The Morgan fingerprint density at radius 3 is 2.83 bits per heavy atom. The van der Waals surface area contributed by atoms with Gasteiger partial charge in [-0.3, -0.25) is 0 Å². The number of hydrogen-bond donors (Lipinski definition) is 2. The van der Waals surface area contributed by atoms with Gasteiger partial charge in [-0.05, 0) is 35.8 Å². The summed E-state index contributed by atoms with van der Waals surface area (Å²) in [4.78, 5) is 0. The van der Waals surface area contributed by atoms with E-state index in [1.165, 1.54) is 17.9 Å². The van der Waals surface area contributed by atoms with Gasteiger partial charge in [0.15, 0.2) is 0 Å². The topological polar surface area (TPSA) is 38.0 Å². The molecular formula is C14H21FN2S. The van der Waals surface area contributed by atoms with Crippen LogP contribution in [0.3, 0.4) is 0 Å². The van der Waals surface area contributed by atoms with Crippen LogP contribution in [0, 0.1) is 11.2 Å². The highest BCUT2D eigenvalue weighted by molar-refractivity contribution is 7.99. The number of hydrogen-bond acceptors (Lipinski definition) is 3. The predicted octanol–water partition coefficient (Wildman–Crippen LogP) is 3.10. The molecule has 1 heterocycles. The Kier molecular flexibility index (Phi) is 3.87. The minimum atomic E-state index is -0.214. The molecule has 2 rings (SSSR count). The fourth-order valence-electron chi connectivity index (χ4n) is 2.44. The number of anilines is 1. The van der Waals surface area contributed by atoms with Gasteiger partial charge in [-0.25, -0.2) is 4.39 Å². The molecule has 1 fully saturated rings. The van der Waals surface area contributed by atoms with Crippen molar-refractivity contribution in [1.82, 2.24) is 0 Å². The maximum absolute atomic E-state index is 13.3. The van der Waals surface area contributed by atoms with Gasteiger partial charge < -0.3 is 11.1 Å². The Morgan fingerprint density at radius 2 is 2.22 bits per heavy atom. The molecule has 4 heteroatoms. The lowest BCUT2D eigenvalue weighted by molar-refractivity contribution is 0.203. The Bertz CT molecular complexity index is 422. The molecule has 1 aromatic carbocycles. The molecule has 0 aliphatic carbocycles. The lowest BCUT2D eigenvalue weighted by Gasteiger charge is -2.50. The van der Waals surface area contributed by atoms with Crippen LogP contribution in [0.2, 0.25) is 0 Å². The zero-order valence-electron chi connectivity index (χ0n) is 11.0. The summed E-state index contributed by atoms with van der Waals surface area (Å²) in [6.45, 7) is 5.04. The number of benzene rings is 1. The molecule has 0 radical (unpaired) electrons. The average Bonchev–Trinajstić information content (AvgIpc) is 2.32. The second-order valence-electron chi connectivity index (χ2n) is 5.61. The molecule has 3 N–H and O–H groups in total. The molecule has 1 aromatic rings. The summed E-state index contributed by atoms with van der Waals surface area (Å²) in [7, 11) is 0. The number of nitrogens with one attached hydrogen (secondary N) is 1. The van der Waals surface area contributed by atoms with Crippen LogP contribution in [0.25, 0.3) is 0 Å². The summed E-state index contributed by atoms with van der Waals surface area (Å²) in [5.74, 6) is 1.92. The molecule has 1 atom stereocenters. The SMILES string of the molecule is CC1(C)CCSCC1(CN)Nc1cccc(F)c1. The number of halogens is 1. The smallest absolute Gasteiger partial charge is 0.125 e. The van der Waals surface area contributed by atoms with Gasteiger partial charge >= 0.3 is 0 Å². The van der Waals surface area contributed by atoms with E-state index in [-0.39, 0.29) is 16.8 Å². The molecule has 0 spiro atoms. The third kappa shape index (κ3) is 2.50. The lowest BCUT2D eigenvalue weighted by atomic mass is 9.70. The molecule has 0 bridgehead atoms. The fraction of sp³-hybridized carbons (Fsp3) is 0.571. The molecule has 0 aromatic heterocycles. The zero-order chi connectivity index (χ0) is 13.2. The van der Waals surface area contributed by atoms with Crippen LogP contribution in [-0.2, 0) is 0 Å². The van der Waals surface area contributed by atoms with Crippen LogP contribution in [0.5, 0.6) is 0 Å². The van der Waals surface area contributed by atoms with Crippen LogP contribution >= 0.6 is 11.8 Å². The van der Waals surface area contributed by atoms with Gasteiger partial charge in [-0.1, -0.05) is 19.9 Å². The van der Waals surface area contributed by atoms with E-state index in [0.29, 0.717) is 6.54 Å². The van der Waals surface area contributed by atoms with Crippen LogP contribution < -0.4 is 11.1 Å². The largest absolute Gasteiger partial charge is 0.377 e. The second kappa shape index (κ2) is 5.10. The minimum absolute atomic E-state index is 0.110. The van der Waals surface area contributed by atoms with Gasteiger partial charge in [0.1, 0.15) is 5.82 Å². The highest BCUT2D eigenvalue weighted by Gasteiger charge is 2.46. The quantitative estimate of drug-likeness (QED) is 0.884. The second-order valence-corrected chi connectivity index (χ2v) is 6.71. The molecule has 1 saturated heterocycles. The highest BCUT2D eigenvalue weighted by Crippen LogP contribution is 2.43. The van der Waals surface area contributed by atoms with Gasteiger partial charge in [-0.2, -0.15) is 11.8 Å². The van der Waals surface area contributed by atoms with Crippen molar-refractivity contribution in [2.24, 2.45) is 11.1 Å². The van der Waals surface area contributed by atoms with E-state index in [4.69, 9.17) is 5.73 Å².